The lowest BCUT2D eigenvalue weighted by Crippen LogP contribution is -2.17. The quantitative estimate of drug-likeness (QED) is 0.464. The van der Waals surface area contributed by atoms with Crippen molar-refractivity contribution in [2.75, 3.05) is 0 Å². The van der Waals surface area contributed by atoms with Crippen LogP contribution in [0.3, 0.4) is 0 Å². The van der Waals surface area contributed by atoms with Crippen LogP contribution < -0.4 is 5.32 Å². The van der Waals surface area contributed by atoms with Gasteiger partial charge >= 0.3 is 0 Å². The van der Waals surface area contributed by atoms with Gasteiger partial charge in [0.2, 0.25) is 0 Å². The number of hydrogen-bond acceptors (Lipinski definition) is 3. The fourth-order valence-corrected chi connectivity index (χ4v) is 1.67. The summed E-state index contributed by atoms with van der Waals surface area (Å²) >= 11 is 5.90. The third-order valence-electron chi connectivity index (χ3n) is 2.16. The minimum absolute atomic E-state index is 0.335. The van der Waals surface area contributed by atoms with Gasteiger partial charge < -0.3 is 0 Å². The maximum Gasteiger partial charge on any atom is 0.266 e. The van der Waals surface area contributed by atoms with E-state index in [9.17, 15) is 4.79 Å². The second kappa shape index (κ2) is 4.17. The molecule has 5 heteroatoms. The van der Waals surface area contributed by atoms with Crippen LogP contribution in [-0.2, 0) is 0 Å². The first-order chi connectivity index (χ1) is 7.74. The van der Waals surface area contributed by atoms with E-state index in [1.807, 2.05) is 6.07 Å². The zero-order valence-corrected chi connectivity index (χ0v) is 8.82. The number of nitrogens with zero attached hydrogens (tertiary/aromatic N) is 2. The Balaban J connectivity index is 2.68. The van der Waals surface area contributed by atoms with E-state index < -0.39 is 5.91 Å². The Bertz CT molecular complexity index is 604. The molecule has 1 N–H and O–H groups in total. The molecule has 16 heavy (non-hydrogen) atoms. The zero-order valence-electron chi connectivity index (χ0n) is 8.07. The maximum absolute atomic E-state index is 11.6. The van der Waals surface area contributed by atoms with Crippen molar-refractivity contribution >= 4 is 28.3 Å². The summed E-state index contributed by atoms with van der Waals surface area (Å²) in [5.41, 5.74) is 0.335. The minimum atomic E-state index is -0.483. The fourth-order valence-electron chi connectivity index (χ4n) is 1.46. The Kier molecular flexibility index (Phi) is 2.71. The second-order valence-corrected chi connectivity index (χ2v) is 3.43. The molecule has 1 aromatic carbocycles. The van der Waals surface area contributed by atoms with E-state index in [1.165, 1.54) is 6.20 Å². The lowest BCUT2D eigenvalue weighted by molar-refractivity contribution is 0.0974. The highest BCUT2D eigenvalue weighted by atomic mass is 35.5. The number of nitriles is 1. The number of pyridine rings is 1. The highest BCUT2D eigenvalue weighted by Crippen LogP contribution is 2.23. The topological polar surface area (TPSA) is 65.8 Å². The number of carbonyl (C=O) groups excluding carboxylic acids is 1. The van der Waals surface area contributed by atoms with E-state index in [-0.39, 0.29) is 0 Å². The highest BCUT2D eigenvalue weighted by molar-refractivity contribution is 6.34. The summed E-state index contributed by atoms with van der Waals surface area (Å²) in [6.45, 7) is 0. The van der Waals surface area contributed by atoms with Crippen LogP contribution in [0.1, 0.15) is 10.4 Å². The van der Waals surface area contributed by atoms with Crippen LogP contribution in [0.2, 0.25) is 5.15 Å². The molecule has 0 saturated carbocycles. The van der Waals surface area contributed by atoms with Crippen LogP contribution in [0, 0.1) is 11.5 Å². The number of fused-ring (bicyclic) bond motifs is 1. The Morgan fingerprint density at radius 1 is 1.38 bits per heavy atom. The van der Waals surface area contributed by atoms with Crippen LogP contribution in [0.5, 0.6) is 0 Å². The molecule has 1 aromatic heterocycles. The summed E-state index contributed by atoms with van der Waals surface area (Å²) in [7, 11) is 0. The summed E-state index contributed by atoms with van der Waals surface area (Å²) in [6, 6.07) is 7.13. The first-order valence-electron chi connectivity index (χ1n) is 4.46. The number of nitrogens with one attached hydrogen (secondary N) is 1. The summed E-state index contributed by atoms with van der Waals surface area (Å²) in [5.74, 6) is -0.483. The van der Waals surface area contributed by atoms with Gasteiger partial charge in [-0.15, -0.1) is 0 Å². The van der Waals surface area contributed by atoms with Crippen molar-refractivity contribution < 1.29 is 4.79 Å². The molecular formula is C11H6ClN3O. The van der Waals surface area contributed by atoms with Gasteiger partial charge in [0, 0.05) is 11.6 Å². The van der Waals surface area contributed by atoms with Gasteiger partial charge in [-0.25, -0.2) is 4.98 Å². The van der Waals surface area contributed by atoms with Crippen LogP contribution in [0.15, 0.2) is 30.5 Å². The van der Waals surface area contributed by atoms with Gasteiger partial charge in [-0.05, 0) is 5.39 Å². The number of hydrogen-bond donors (Lipinski definition) is 1. The molecule has 0 bridgehead atoms. The van der Waals surface area contributed by atoms with Crippen LogP contribution in [0.4, 0.5) is 0 Å². The molecule has 0 saturated heterocycles. The van der Waals surface area contributed by atoms with E-state index in [0.717, 1.165) is 0 Å². The molecule has 0 aliphatic rings. The SMILES string of the molecule is N#CNC(=O)c1cnc(Cl)c2ccccc12. The summed E-state index contributed by atoms with van der Waals surface area (Å²) < 4.78 is 0. The molecule has 2 rings (SSSR count). The van der Waals surface area contributed by atoms with Gasteiger partial charge in [-0.3, -0.25) is 10.1 Å². The molecule has 0 radical (unpaired) electrons. The van der Waals surface area contributed by atoms with E-state index in [2.05, 4.69) is 10.3 Å². The van der Waals surface area contributed by atoms with Crippen molar-refractivity contribution in [2.24, 2.45) is 0 Å². The van der Waals surface area contributed by atoms with E-state index in [4.69, 9.17) is 16.9 Å². The number of rotatable bonds is 1. The zero-order chi connectivity index (χ0) is 11.5. The van der Waals surface area contributed by atoms with Crippen molar-refractivity contribution in [3.05, 3.63) is 41.2 Å². The van der Waals surface area contributed by atoms with E-state index >= 15 is 0 Å². The molecule has 0 aliphatic carbocycles. The first-order valence-corrected chi connectivity index (χ1v) is 4.84. The lowest BCUT2D eigenvalue weighted by atomic mass is 10.1. The van der Waals surface area contributed by atoms with E-state index in [0.29, 0.717) is 21.5 Å². The lowest BCUT2D eigenvalue weighted by Gasteiger charge is -2.04. The van der Waals surface area contributed by atoms with E-state index in [1.54, 1.807) is 24.4 Å². The number of amides is 1. The van der Waals surface area contributed by atoms with Gasteiger partial charge in [0.1, 0.15) is 5.15 Å². The third-order valence-corrected chi connectivity index (χ3v) is 2.46. The third kappa shape index (κ3) is 1.69. The standard InChI is InChI=1S/C11H6ClN3O/c12-10-8-4-2-1-3-7(8)9(5-14-10)11(16)15-6-13/h1-5H,(H,15,16). The molecule has 0 spiro atoms. The smallest absolute Gasteiger partial charge is 0.266 e. The molecule has 78 valence electrons. The minimum Gasteiger partial charge on any atom is -0.268 e. The number of carbonyl (C=O) groups is 1. The molecule has 0 atom stereocenters. The fraction of sp³-hybridized carbons (Fsp3) is 0. The normalized spacial score (nSPS) is 9.75. The van der Waals surface area contributed by atoms with Crippen molar-refractivity contribution in [3.8, 4) is 6.19 Å². The maximum atomic E-state index is 11.6. The average molecular weight is 232 g/mol. The van der Waals surface area contributed by atoms with Gasteiger partial charge in [-0.1, -0.05) is 35.9 Å². The molecule has 1 amide bonds. The first kappa shape index (κ1) is 10.4. The number of aromatic nitrogens is 1. The van der Waals surface area contributed by atoms with Gasteiger partial charge in [-0.2, -0.15) is 5.26 Å². The molecule has 0 fully saturated rings. The Morgan fingerprint density at radius 3 is 2.75 bits per heavy atom. The predicted molar refractivity (Wildman–Crippen MR) is 59.8 cm³/mol. The van der Waals surface area contributed by atoms with Gasteiger partial charge in [0.15, 0.2) is 6.19 Å². The molecule has 4 nitrogen and oxygen atoms in total. The van der Waals surface area contributed by atoms with Crippen molar-refractivity contribution in [1.82, 2.24) is 10.3 Å². The highest BCUT2D eigenvalue weighted by Gasteiger charge is 2.11. The van der Waals surface area contributed by atoms with Gasteiger partial charge in [0.25, 0.3) is 5.91 Å². The van der Waals surface area contributed by atoms with Crippen molar-refractivity contribution in [2.45, 2.75) is 0 Å². The Labute approximate surface area is 96.5 Å². The molecule has 0 unspecified atom stereocenters. The van der Waals surface area contributed by atoms with Crippen LogP contribution >= 0.6 is 11.6 Å². The van der Waals surface area contributed by atoms with Crippen molar-refractivity contribution in [3.63, 3.8) is 0 Å². The summed E-state index contributed by atoms with van der Waals surface area (Å²) in [6.07, 6.45) is 2.94. The molecule has 1 heterocycles. The molecule has 0 aliphatic heterocycles. The molecule has 2 aromatic rings. The van der Waals surface area contributed by atoms with Gasteiger partial charge in [0.05, 0.1) is 5.56 Å². The van der Waals surface area contributed by atoms with Crippen LogP contribution in [-0.4, -0.2) is 10.9 Å². The monoisotopic (exact) mass is 231 g/mol. The second-order valence-electron chi connectivity index (χ2n) is 3.07. The molecular weight excluding hydrogens is 226 g/mol. The van der Waals surface area contributed by atoms with Crippen LogP contribution in [0.25, 0.3) is 10.8 Å². The largest absolute Gasteiger partial charge is 0.268 e. The Hall–Kier alpha value is -2.12. The summed E-state index contributed by atoms with van der Waals surface area (Å²) in [5, 5.41) is 12.2. The number of halogens is 1. The number of benzene rings is 1. The van der Waals surface area contributed by atoms with Crippen molar-refractivity contribution in [1.29, 1.82) is 5.26 Å². The Morgan fingerprint density at radius 2 is 2.06 bits per heavy atom. The summed E-state index contributed by atoms with van der Waals surface area (Å²) in [4.78, 5) is 15.5. The average Bonchev–Trinajstić information content (AvgIpc) is 2.30. The predicted octanol–water partition coefficient (Wildman–Crippen LogP) is 2.10.